The van der Waals surface area contributed by atoms with Gasteiger partial charge in [0.25, 0.3) is 5.91 Å². The van der Waals surface area contributed by atoms with Gasteiger partial charge in [-0.1, -0.05) is 30.3 Å². The quantitative estimate of drug-likeness (QED) is 0.709. The molecule has 0 spiro atoms. The highest BCUT2D eigenvalue weighted by molar-refractivity contribution is 7.92. The molecule has 156 valence electrons. The molecule has 1 heterocycles. The minimum absolute atomic E-state index is 0.198. The van der Waals surface area contributed by atoms with E-state index in [2.05, 4.69) is 0 Å². The van der Waals surface area contributed by atoms with E-state index >= 15 is 0 Å². The fraction of sp³-hybridized carbons (Fsp3) is 0.273. The van der Waals surface area contributed by atoms with Crippen LogP contribution in [0.25, 0.3) is 6.08 Å². The Morgan fingerprint density at radius 1 is 1.07 bits per heavy atom. The van der Waals surface area contributed by atoms with Crippen molar-refractivity contribution < 1.29 is 17.9 Å². The van der Waals surface area contributed by atoms with Crippen LogP contribution in [0.3, 0.4) is 0 Å². The van der Waals surface area contributed by atoms with Gasteiger partial charge in [0.05, 0.1) is 11.6 Å². The number of benzene rings is 2. The molecule has 7 nitrogen and oxygen atoms in total. The number of amides is 1. The summed E-state index contributed by atoms with van der Waals surface area (Å²) in [6, 6.07) is 17.8. The summed E-state index contributed by atoms with van der Waals surface area (Å²) in [7, 11) is -3.55. The number of sulfonamides is 1. The maximum absolute atomic E-state index is 12.7. The van der Waals surface area contributed by atoms with E-state index in [1.165, 1.54) is 9.71 Å². The van der Waals surface area contributed by atoms with Gasteiger partial charge in [0.2, 0.25) is 10.0 Å². The van der Waals surface area contributed by atoms with E-state index in [-0.39, 0.29) is 19.0 Å². The zero-order chi connectivity index (χ0) is 21.6. The van der Waals surface area contributed by atoms with Crippen molar-refractivity contribution in [3.63, 3.8) is 0 Å². The van der Waals surface area contributed by atoms with Crippen LogP contribution >= 0.6 is 0 Å². The lowest BCUT2D eigenvalue weighted by Gasteiger charge is -2.34. The first kappa shape index (κ1) is 21.6. The first-order chi connectivity index (χ1) is 14.4. The summed E-state index contributed by atoms with van der Waals surface area (Å²) in [5.41, 5.74) is 1.32. The SMILES string of the molecule is CC(Oc1ccc(C#N)cc1)C(=O)N1CCN(S(=O)(=O)/C=C/c2ccccc2)CC1. The van der Waals surface area contributed by atoms with Crippen molar-refractivity contribution in [2.75, 3.05) is 26.2 Å². The molecule has 2 aromatic rings. The Morgan fingerprint density at radius 2 is 1.70 bits per heavy atom. The van der Waals surface area contributed by atoms with Gasteiger partial charge in [-0.25, -0.2) is 8.42 Å². The fourth-order valence-corrected chi connectivity index (χ4v) is 4.27. The summed E-state index contributed by atoms with van der Waals surface area (Å²) >= 11 is 0. The molecular formula is C22H23N3O4S. The molecule has 0 aromatic heterocycles. The minimum atomic E-state index is -3.55. The number of hydrogen-bond donors (Lipinski definition) is 0. The van der Waals surface area contributed by atoms with Gasteiger partial charge < -0.3 is 9.64 Å². The third-order valence-electron chi connectivity index (χ3n) is 4.79. The largest absolute Gasteiger partial charge is 0.481 e. The Labute approximate surface area is 176 Å². The van der Waals surface area contributed by atoms with Crippen LogP contribution in [0.15, 0.2) is 60.0 Å². The average Bonchev–Trinajstić information content (AvgIpc) is 2.78. The van der Waals surface area contributed by atoms with E-state index in [4.69, 9.17) is 10.00 Å². The molecule has 1 unspecified atom stereocenters. The summed E-state index contributed by atoms with van der Waals surface area (Å²) in [4.78, 5) is 14.3. The van der Waals surface area contributed by atoms with Gasteiger partial charge in [0, 0.05) is 31.6 Å². The summed E-state index contributed by atoms with van der Waals surface area (Å²) < 4.78 is 32.1. The van der Waals surface area contributed by atoms with E-state index in [1.54, 1.807) is 42.2 Å². The second-order valence-electron chi connectivity index (χ2n) is 6.88. The molecule has 30 heavy (non-hydrogen) atoms. The smallest absolute Gasteiger partial charge is 0.263 e. The van der Waals surface area contributed by atoms with Crippen molar-refractivity contribution in [2.45, 2.75) is 13.0 Å². The van der Waals surface area contributed by atoms with Crippen LogP contribution in [-0.2, 0) is 14.8 Å². The Kier molecular flexibility index (Phi) is 6.87. The zero-order valence-corrected chi connectivity index (χ0v) is 17.5. The maximum Gasteiger partial charge on any atom is 0.263 e. The van der Waals surface area contributed by atoms with Crippen LogP contribution in [0, 0.1) is 11.3 Å². The van der Waals surface area contributed by atoms with Crippen molar-refractivity contribution in [3.05, 3.63) is 71.1 Å². The first-order valence-corrected chi connectivity index (χ1v) is 11.1. The highest BCUT2D eigenvalue weighted by Gasteiger charge is 2.30. The second kappa shape index (κ2) is 9.57. The number of piperazine rings is 1. The maximum atomic E-state index is 12.7. The van der Waals surface area contributed by atoms with E-state index in [0.29, 0.717) is 24.4 Å². The fourth-order valence-electron chi connectivity index (χ4n) is 3.10. The number of nitriles is 1. The molecule has 0 radical (unpaired) electrons. The van der Waals surface area contributed by atoms with E-state index in [9.17, 15) is 13.2 Å². The van der Waals surface area contributed by atoms with Crippen molar-refractivity contribution >= 4 is 22.0 Å². The van der Waals surface area contributed by atoms with Crippen molar-refractivity contribution in [1.82, 2.24) is 9.21 Å². The predicted octanol–water partition coefficient (Wildman–Crippen LogP) is 2.47. The second-order valence-corrected chi connectivity index (χ2v) is 8.70. The third-order valence-corrected chi connectivity index (χ3v) is 6.35. The molecule has 1 atom stereocenters. The molecule has 1 saturated heterocycles. The van der Waals surface area contributed by atoms with Crippen LogP contribution in [-0.4, -0.2) is 55.8 Å². The highest BCUT2D eigenvalue weighted by Crippen LogP contribution is 2.16. The highest BCUT2D eigenvalue weighted by atomic mass is 32.2. The zero-order valence-electron chi connectivity index (χ0n) is 16.6. The number of ether oxygens (including phenoxy) is 1. The number of hydrogen-bond acceptors (Lipinski definition) is 5. The molecule has 8 heteroatoms. The number of carbonyl (C=O) groups is 1. The van der Waals surface area contributed by atoms with Crippen LogP contribution < -0.4 is 4.74 Å². The first-order valence-electron chi connectivity index (χ1n) is 9.58. The molecule has 0 bridgehead atoms. The summed E-state index contributed by atoms with van der Waals surface area (Å²) in [6.07, 6.45) is 0.861. The molecule has 1 aliphatic rings. The molecular weight excluding hydrogens is 402 g/mol. The summed E-state index contributed by atoms with van der Waals surface area (Å²) in [5.74, 6) is 0.304. The molecule has 1 fully saturated rings. The Balaban J connectivity index is 1.54. The molecule has 0 N–H and O–H groups in total. The van der Waals surface area contributed by atoms with Gasteiger partial charge in [-0.05, 0) is 42.8 Å². The molecule has 0 saturated carbocycles. The van der Waals surface area contributed by atoms with Gasteiger partial charge in [-0.15, -0.1) is 0 Å². The Hall–Kier alpha value is -3.15. The molecule has 2 aromatic carbocycles. The van der Waals surface area contributed by atoms with Gasteiger partial charge in [-0.2, -0.15) is 9.57 Å². The molecule has 0 aliphatic carbocycles. The standard InChI is InChI=1S/C22H23N3O4S/c1-18(29-21-9-7-20(17-23)8-10-21)22(26)24-12-14-25(15-13-24)30(27,28)16-11-19-5-3-2-4-6-19/h2-11,16,18H,12-15H2,1H3/b16-11+. The number of rotatable bonds is 6. The third kappa shape index (κ3) is 5.47. The van der Waals surface area contributed by atoms with E-state index < -0.39 is 16.1 Å². The lowest BCUT2D eigenvalue weighted by atomic mass is 10.2. The average molecular weight is 426 g/mol. The summed E-state index contributed by atoms with van der Waals surface area (Å²) in [6.45, 7) is 2.73. The van der Waals surface area contributed by atoms with Crippen molar-refractivity contribution in [1.29, 1.82) is 5.26 Å². The van der Waals surface area contributed by atoms with E-state index in [1.807, 2.05) is 36.4 Å². The van der Waals surface area contributed by atoms with Crippen LogP contribution in [0.5, 0.6) is 5.75 Å². The molecule has 1 amide bonds. The van der Waals surface area contributed by atoms with Crippen LogP contribution in [0.1, 0.15) is 18.1 Å². The lowest BCUT2D eigenvalue weighted by molar-refractivity contribution is -0.139. The number of carbonyl (C=O) groups excluding carboxylic acids is 1. The monoisotopic (exact) mass is 425 g/mol. The topological polar surface area (TPSA) is 90.7 Å². The van der Waals surface area contributed by atoms with Gasteiger partial charge >= 0.3 is 0 Å². The van der Waals surface area contributed by atoms with E-state index in [0.717, 1.165) is 5.56 Å². The van der Waals surface area contributed by atoms with Crippen LogP contribution in [0.4, 0.5) is 0 Å². The number of nitrogens with zero attached hydrogens (tertiary/aromatic N) is 3. The van der Waals surface area contributed by atoms with Crippen molar-refractivity contribution in [2.24, 2.45) is 0 Å². The lowest BCUT2D eigenvalue weighted by Crippen LogP contribution is -2.52. The Morgan fingerprint density at radius 3 is 2.30 bits per heavy atom. The van der Waals surface area contributed by atoms with Crippen molar-refractivity contribution in [3.8, 4) is 11.8 Å². The normalized spacial score (nSPS) is 16.2. The van der Waals surface area contributed by atoms with Gasteiger partial charge in [0.15, 0.2) is 6.10 Å². The van der Waals surface area contributed by atoms with Gasteiger partial charge in [-0.3, -0.25) is 4.79 Å². The van der Waals surface area contributed by atoms with Crippen LogP contribution in [0.2, 0.25) is 0 Å². The summed E-state index contributed by atoms with van der Waals surface area (Å²) in [5, 5.41) is 10.0. The molecule has 3 rings (SSSR count). The predicted molar refractivity (Wildman–Crippen MR) is 114 cm³/mol. The Bertz CT molecular complexity index is 1040. The molecule has 1 aliphatic heterocycles. The van der Waals surface area contributed by atoms with Gasteiger partial charge in [0.1, 0.15) is 5.75 Å². The minimum Gasteiger partial charge on any atom is -0.481 e.